The lowest BCUT2D eigenvalue weighted by molar-refractivity contribution is -0.143. The zero-order valence-corrected chi connectivity index (χ0v) is 76.6. The normalized spacial score (nSPS) is 16.9. The largest absolute Gasteiger partial charge is 0.394 e. The van der Waals surface area contributed by atoms with Gasteiger partial charge in [0.1, 0.15) is 72.5 Å². The van der Waals surface area contributed by atoms with Gasteiger partial charge in [0.25, 0.3) is 0 Å². The lowest BCUT2D eigenvalue weighted by Crippen LogP contribution is -2.61. The van der Waals surface area contributed by atoms with Gasteiger partial charge in [0.15, 0.2) is 5.96 Å². The number of H-pyrrole nitrogens is 1. The second kappa shape index (κ2) is 53.7. The van der Waals surface area contributed by atoms with Crippen molar-refractivity contribution in [3.63, 3.8) is 0 Å². The number of carbonyl (C=O) groups is 15. The Labute approximate surface area is 766 Å². The van der Waals surface area contributed by atoms with Crippen LogP contribution in [-0.2, 0) is 97.6 Å². The smallest absolute Gasteiger partial charge is 0.246 e. The highest BCUT2D eigenvalue weighted by Gasteiger charge is 2.47. The molecule has 37 nitrogen and oxygen atoms in total. The van der Waals surface area contributed by atoms with E-state index in [1.54, 1.807) is 133 Å². The van der Waals surface area contributed by atoms with E-state index in [0.29, 0.717) is 40.4 Å². The molecule has 26 N–H and O–H groups in total. The van der Waals surface area contributed by atoms with Crippen molar-refractivity contribution < 1.29 is 77.0 Å². The van der Waals surface area contributed by atoms with E-state index in [9.17, 15) is 53.1 Å². The molecule has 2 aliphatic rings. The molecule has 2 heterocycles. The molecular formula is C94H139N21O16. The van der Waals surface area contributed by atoms with Gasteiger partial charge in [0.2, 0.25) is 88.6 Å². The van der Waals surface area contributed by atoms with Gasteiger partial charge in [-0.1, -0.05) is 203 Å². The third-order valence-electron chi connectivity index (χ3n) is 23.9. The average Bonchev–Trinajstić information content (AvgIpc) is 1.37. The predicted molar refractivity (Wildman–Crippen MR) is 495 cm³/mol. The quantitative estimate of drug-likeness (QED) is 0.0146. The number of fused-ring (bicyclic) bond motifs is 1. The second-order valence-corrected chi connectivity index (χ2v) is 35.7. The minimum atomic E-state index is -1.83. The SMILES string of the molecule is CC[C@H](C)[C@H](NC(=O)[C@H](CCCNC(=N)N)NC(=O)CNC(=O)[C@H](CC(C)C)NC(=O)[C@H](Cc1ccccc1)NC(=O)[C@H](CCCCN)NC(=O)[C@H](CO)NC(=O)[C@H](Cc1ccccc1)NC(=O)[C@H](Cc1c[nH]c2ccccc12)NC(=O)[C@H](CCC(N)=O)NC(=O)[C@@H]1C[C@@H](C2CCCCC2)CN1C(=O)[C@@H](NC(=O)[C@@H](N)Cc1ccccc1)C(C)C)C(=O)N[C@@H](CC(C)C)C(N)=O. The van der Waals surface area contributed by atoms with Gasteiger partial charge in [-0.15, -0.1) is 0 Å². The van der Waals surface area contributed by atoms with Crippen molar-refractivity contribution in [2.24, 2.45) is 64.2 Å². The highest BCUT2D eigenvalue weighted by Crippen LogP contribution is 2.38. The summed E-state index contributed by atoms with van der Waals surface area (Å²) in [4.78, 5) is 220. The molecule has 15 amide bonds. The lowest BCUT2D eigenvalue weighted by atomic mass is 9.79. The summed E-state index contributed by atoms with van der Waals surface area (Å²) < 4.78 is 0. The Bertz CT molecular complexity index is 4630. The number of amides is 15. The van der Waals surface area contributed by atoms with E-state index < -0.39 is 199 Å². The molecular weight excluding hydrogens is 1680 g/mol. The molecule has 2 fully saturated rings. The van der Waals surface area contributed by atoms with E-state index >= 15 is 24.0 Å². The average molecular weight is 1820 g/mol. The molecule has 1 aromatic heterocycles. The Hall–Kier alpha value is -12.4. The van der Waals surface area contributed by atoms with Crippen molar-refractivity contribution in [1.29, 1.82) is 5.41 Å². The third-order valence-corrected chi connectivity index (χ3v) is 23.9. The summed E-state index contributed by atoms with van der Waals surface area (Å²) in [5.74, 6) is -13.9. The number of carbonyl (C=O) groups excluding carboxylic acids is 15. The van der Waals surface area contributed by atoms with Crippen LogP contribution in [0, 0.1) is 40.9 Å². The topological polar surface area (TPSA) is 606 Å². The molecule has 4 aromatic carbocycles. The zero-order valence-electron chi connectivity index (χ0n) is 76.6. The fourth-order valence-electron chi connectivity index (χ4n) is 16.5. The van der Waals surface area contributed by atoms with Gasteiger partial charge < -0.3 is 113 Å². The number of nitrogens with one attached hydrogen (secondary N) is 15. The fraction of sp³-hybridized carbons (Fsp3) is 0.553. The summed E-state index contributed by atoms with van der Waals surface area (Å²) in [6, 6.07) is 15.6. The molecule has 0 unspecified atom stereocenters. The van der Waals surface area contributed by atoms with Gasteiger partial charge in [0, 0.05) is 55.9 Å². The summed E-state index contributed by atoms with van der Waals surface area (Å²) >= 11 is 0. The first-order chi connectivity index (χ1) is 62.5. The third kappa shape index (κ3) is 34.5. The molecule has 0 radical (unpaired) electrons. The Morgan fingerprint density at radius 2 is 0.954 bits per heavy atom. The molecule has 1 saturated heterocycles. The van der Waals surface area contributed by atoms with Crippen molar-refractivity contribution >= 4 is 105 Å². The van der Waals surface area contributed by atoms with Crippen LogP contribution in [-0.4, -0.2) is 221 Å². The molecule has 37 heteroatoms. The van der Waals surface area contributed by atoms with E-state index in [1.807, 2.05) is 44.2 Å². The fourth-order valence-corrected chi connectivity index (χ4v) is 16.5. The van der Waals surface area contributed by atoms with Crippen LogP contribution in [0.3, 0.4) is 0 Å². The van der Waals surface area contributed by atoms with E-state index in [4.69, 9.17) is 34.1 Å². The molecule has 0 spiro atoms. The number of unbranched alkanes of at least 4 members (excludes halogenated alkanes) is 1. The van der Waals surface area contributed by atoms with Gasteiger partial charge in [-0.05, 0) is 135 Å². The summed E-state index contributed by atoms with van der Waals surface area (Å²) in [5.41, 5.74) is 32.3. The molecule has 5 aromatic rings. The van der Waals surface area contributed by atoms with E-state index in [0.717, 1.165) is 37.7 Å². The number of hydrogen-bond acceptors (Lipinski definition) is 19. The zero-order chi connectivity index (χ0) is 96.0. The van der Waals surface area contributed by atoms with Crippen molar-refractivity contribution in [3.05, 3.63) is 144 Å². The van der Waals surface area contributed by atoms with Crippen LogP contribution in [0.1, 0.15) is 180 Å². The number of nitrogens with two attached hydrogens (primary N) is 5. The summed E-state index contributed by atoms with van der Waals surface area (Å²) in [6.07, 6.45) is 6.56. The van der Waals surface area contributed by atoms with Gasteiger partial charge >= 0.3 is 0 Å². The van der Waals surface area contributed by atoms with Crippen molar-refractivity contribution in [2.75, 3.05) is 32.8 Å². The van der Waals surface area contributed by atoms with E-state index in [2.05, 4.69) is 74.1 Å². The van der Waals surface area contributed by atoms with Crippen molar-refractivity contribution in [1.82, 2.24) is 79.0 Å². The van der Waals surface area contributed by atoms with Gasteiger partial charge in [0.05, 0.1) is 19.2 Å². The van der Waals surface area contributed by atoms with Crippen LogP contribution >= 0.6 is 0 Å². The van der Waals surface area contributed by atoms with E-state index in [1.165, 1.54) is 4.90 Å². The van der Waals surface area contributed by atoms with Crippen LogP contribution in [0.15, 0.2) is 121 Å². The highest BCUT2D eigenvalue weighted by molar-refractivity contribution is 6.01. The Kier molecular flexibility index (Phi) is 43.3. The summed E-state index contributed by atoms with van der Waals surface area (Å²) in [6.45, 7) is 13.0. The molecule has 1 saturated carbocycles. The van der Waals surface area contributed by atoms with Crippen LogP contribution in [0.4, 0.5) is 0 Å². The number of aromatic nitrogens is 1. The van der Waals surface area contributed by atoms with Crippen LogP contribution in [0.2, 0.25) is 0 Å². The number of aromatic amines is 1. The number of primary amides is 2. The number of aliphatic hydroxyl groups excluding tert-OH is 1. The summed E-state index contributed by atoms with van der Waals surface area (Å²) in [5, 5.41) is 54.5. The molecule has 15 atom stereocenters. The molecule has 131 heavy (non-hydrogen) atoms. The van der Waals surface area contributed by atoms with Gasteiger partial charge in [-0.3, -0.25) is 77.3 Å². The second-order valence-electron chi connectivity index (χ2n) is 35.7. The number of likely N-dealkylation sites (tertiary alicyclic amines) is 1. The molecule has 7 rings (SSSR count). The number of guanidine groups is 1. The first kappa shape index (κ1) is 106. The van der Waals surface area contributed by atoms with Crippen LogP contribution in [0.25, 0.3) is 10.9 Å². The standard InChI is InChI=1S/C94H139N21O16/c1-9-57(8)80(92(130)107-70(81(98)119)43-54(2)3)114-86(124)67(38-26-42-101-94(99)100)104-78(118)51-103-83(121)71(44-55(4)5)108-87(125)72(46-59-29-16-11-17-30-59)109-84(122)68(37-24-25-41-95)105-90(128)75(53-116)112-88(126)73(47-60-31-18-12-19-32-60)110-89(127)74(48-62-50-102-66-36-23-22-35-64(62)66)111-85(123)69(39-40-77(97)117)106-91(129)76-49-63(61-33-20-13-21-34-61)52-115(76)93(131)79(56(6)7)113-82(120)65(96)45-58-27-14-10-15-28-58/h10-12,14-19,22-23,27-32,35-36,50,54-57,61,63,65,67-76,79-80,102,116H,9,13,20-21,24-26,33-34,37-49,51-53,95-96H2,1-8H3,(H2,97,117)(H2,98,119)(H,103,121)(H,104,118)(H,105,128)(H,106,129)(H,107,130)(H,108,125)(H,109,122)(H,110,127)(H,111,123)(H,112,126)(H,113,120)(H,114,124)(H4,99,100,101)/t57-,63+,65-,67-,68-,69-,70-,71-,72-,73-,74-,75-,76-,79-,80-/m0/s1. The number of nitrogens with zero attached hydrogens (tertiary/aromatic N) is 1. The minimum Gasteiger partial charge on any atom is -0.394 e. The number of hydrogen-bond donors (Lipinski definition) is 21. The number of benzene rings is 4. The Morgan fingerprint density at radius 3 is 1.49 bits per heavy atom. The van der Waals surface area contributed by atoms with Gasteiger partial charge in [-0.25, -0.2) is 0 Å². The number of rotatable bonds is 54. The lowest BCUT2D eigenvalue weighted by Gasteiger charge is -2.32. The Morgan fingerprint density at radius 1 is 0.481 bits per heavy atom. The number of aliphatic hydroxyl groups is 1. The highest BCUT2D eigenvalue weighted by atomic mass is 16.3. The molecule has 0 bridgehead atoms. The van der Waals surface area contributed by atoms with Crippen molar-refractivity contribution in [3.8, 4) is 0 Å². The molecule has 1 aliphatic carbocycles. The molecule has 1 aliphatic heterocycles. The maximum atomic E-state index is 15.4. The summed E-state index contributed by atoms with van der Waals surface area (Å²) in [7, 11) is 0. The van der Waals surface area contributed by atoms with E-state index in [-0.39, 0.29) is 126 Å². The monoisotopic (exact) mass is 1820 g/mol. The maximum absolute atomic E-state index is 15.4. The first-order valence-corrected chi connectivity index (χ1v) is 45.8. The van der Waals surface area contributed by atoms with Crippen LogP contribution < -0.4 is 97.8 Å². The van der Waals surface area contributed by atoms with Crippen LogP contribution in [0.5, 0.6) is 0 Å². The van der Waals surface area contributed by atoms with Crippen molar-refractivity contribution in [2.45, 2.75) is 262 Å². The molecule has 716 valence electrons. The first-order valence-electron chi connectivity index (χ1n) is 45.8. The number of para-hydroxylation sites is 1. The maximum Gasteiger partial charge on any atom is 0.246 e. The predicted octanol–water partition coefficient (Wildman–Crippen LogP) is 0.942. The van der Waals surface area contributed by atoms with Gasteiger partial charge in [-0.2, -0.15) is 0 Å². The Balaban J connectivity index is 1.11. The minimum absolute atomic E-state index is 0.00264.